The van der Waals surface area contributed by atoms with Crippen LogP contribution in [0.15, 0.2) is 30.3 Å². The fraction of sp³-hybridized carbons (Fsp3) is 0.571. The van der Waals surface area contributed by atoms with Gasteiger partial charge in [0.2, 0.25) is 0 Å². The first kappa shape index (κ1) is 15.5. The third-order valence-electron chi connectivity index (χ3n) is 2.83. The van der Waals surface area contributed by atoms with Crippen LogP contribution in [0.3, 0.4) is 0 Å². The van der Waals surface area contributed by atoms with Crippen molar-refractivity contribution < 1.29 is 0 Å². The van der Waals surface area contributed by atoms with Gasteiger partial charge < -0.3 is 5.73 Å². The van der Waals surface area contributed by atoms with Crippen LogP contribution in [0.2, 0.25) is 0 Å². The Morgan fingerprint density at radius 1 is 1.06 bits per heavy atom. The average Bonchev–Trinajstić information content (AvgIpc) is 2.28. The van der Waals surface area contributed by atoms with E-state index in [1.54, 1.807) is 0 Å². The highest BCUT2D eigenvalue weighted by Crippen LogP contribution is 2.08. The van der Waals surface area contributed by atoms with Gasteiger partial charge in [0.1, 0.15) is 0 Å². The minimum absolute atomic E-state index is 0. The van der Waals surface area contributed by atoms with Crippen LogP contribution >= 0.6 is 12.4 Å². The highest BCUT2D eigenvalue weighted by Gasteiger charge is 2.02. The molecule has 0 heterocycles. The number of benzene rings is 1. The highest BCUT2D eigenvalue weighted by molar-refractivity contribution is 5.85. The molecule has 0 aliphatic rings. The third-order valence-corrected chi connectivity index (χ3v) is 2.83. The van der Waals surface area contributed by atoms with Crippen LogP contribution in [0.5, 0.6) is 0 Å². The van der Waals surface area contributed by atoms with Crippen molar-refractivity contribution >= 4 is 12.4 Å². The molecule has 1 rings (SSSR count). The Morgan fingerprint density at radius 3 is 2.38 bits per heavy atom. The van der Waals surface area contributed by atoms with Gasteiger partial charge in [0.25, 0.3) is 0 Å². The van der Waals surface area contributed by atoms with Gasteiger partial charge in [0.05, 0.1) is 0 Å². The minimum atomic E-state index is 0. The second-order valence-corrected chi connectivity index (χ2v) is 4.28. The molecule has 0 aliphatic heterocycles. The van der Waals surface area contributed by atoms with Gasteiger partial charge in [-0.05, 0) is 24.8 Å². The summed E-state index contributed by atoms with van der Waals surface area (Å²) < 4.78 is 0. The van der Waals surface area contributed by atoms with Gasteiger partial charge in [-0.1, -0.05) is 56.5 Å². The van der Waals surface area contributed by atoms with E-state index >= 15 is 0 Å². The summed E-state index contributed by atoms with van der Waals surface area (Å²) >= 11 is 0. The minimum Gasteiger partial charge on any atom is -0.328 e. The fourth-order valence-corrected chi connectivity index (χ4v) is 1.80. The normalized spacial score (nSPS) is 11.9. The lowest BCUT2D eigenvalue weighted by Gasteiger charge is -2.10. The van der Waals surface area contributed by atoms with Crippen LogP contribution in [0, 0.1) is 0 Å². The predicted octanol–water partition coefficient (Wildman–Crippen LogP) is 3.95. The van der Waals surface area contributed by atoms with E-state index in [0.717, 1.165) is 12.8 Å². The van der Waals surface area contributed by atoms with E-state index in [-0.39, 0.29) is 12.4 Å². The van der Waals surface area contributed by atoms with Crippen LogP contribution in [0.4, 0.5) is 0 Å². The van der Waals surface area contributed by atoms with E-state index in [1.165, 1.54) is 31.2 Å². The van der Waals surface area contributed by atoms with Crippen LogP contribution in [-0.2, 0) is 6.42 Å². The SMILES string of the molecule is CCCCCC(N)CCc1ccccc1.Cl. The zero-order chi connectivity index (χ0) is 10.9. The van der Waals surface area contributed by atoms with Crippen LogP contribution < -0.4 is 5.73 Å². The molecule has 0 spiro atoms. The molecule has 0 aliphatic carbocycles. The van der Waals surface area contributed by atoms with Gasteiger partial charge in [0.15, 0.2) is 0 Å². The van der Waals surface area contributed by atoms with Crippen molar-refractivity contribution in [3.05, 3.63) is 35.9 Å². The van der Waals surface area contributed by atoms with E-state index in [4.69, 9.17) is 5.73 Å². The van der Waals surface area contributed by atoms with E-state index in [0.29, 0.717) is 6.04 Å². The Labute approximate surface area is 106 Å². The first-order valence-electron chi connectivity index (χ1n) is 6.12. The zero-order valence-corrected chi connectivity index (χ0v) is 11.0. The molecule has 2 heteroatoms. The molecule has 0 fully saturated rings. The molecule has 1 atom stereocenters. The molecular formula is C14H24ClN. The lowest BCUT2D eigenvalue weighted by atomic mass is 10.0. The quantitative estimate of drug-likeness (QED) is 0.719. The Hall–Kier alpha value is -0.530. The molecule has 16 heavy (non-hydrogen) atoms. The maximum absolute atomic E-state index is 6.06. The molecule has 0 bridgehead atoms. The summed E-state index contributed by atoms with van der Waals surface area (Å²) in [6.45, 7) is 2.23. The van der Waals surface area contributed by atoms with E-state index in [2.05, 4.69) is 37.3 Å². The summed E-state index contributed by atoms with van der Waals surface area (Å²) in [6.07, 6.45) is 7.30. The maximum Gasteiger partial charge on any atom is 0.00419 e. The molecule has 1 nitrogen and oxygen atoms in total. The molecule has 1 unspecified atom stereocenters. The number of aryl methyl sites for hydroxylation is 1. The zero-order valence-electron chi connectivity index (χ0n) is 10.2. The smallest absolute Gasteiger partial charge is 0.00419 e. The van der Waals surface area contributed by atoms with Crippen molar-refractivity contribution in [3.8, 4) is 0 Å². The van der Waals surface area contributed by atoms with Gasteiger partial charge in [-0.2, -0.15) is 0 Å². The van der Waals surface area contributed by atoms with Crippen molar-refractivity contribution in [2.24, 2.45) is 5.73 Å². The van der Waals surface area contributed by atoms with Crippen molar-refractivity contribution in [2.75, 3.05) is 0 Å². The second kappa shape index (κ2) is 9.68. The first-order valence-corrected chi connectivity index (χ1v) is 6.12. The Balaban J connectivity index is 0.00000225. The number of hydrogen-bond acceptors (Lipinski definition) is 1. The lowest BCUT2D eigenvalue weighted by molar-refractivity contribution is 0.529. The number of hydrogen-bond donors (Lipinski definition) is 1. The molecule has 1 aromatic carbocycles. The standard InChI is InChI=1S/C14H23N.ClH/c1-2-3-5-10-14(15)12-11-13-8-6-4-7-9-13;/h4,6-9,14H,2-3,5,10-12,15H2,1H3;1H. The van der Waals surface area contributed by atoms with Crippen LogP contribution in [-0.4, -0.2) is 6.04 Å². The summed E-state index contributed by atoms with van der Waals surface area (Å²) in [5.41, 5.74) is 7.47. The van der Waals surface area contributed by atoms with Crippen molar-refractivity contribution in [1.82, 2.24) is 0 Å². The fourth-order valence-electron chi connectivity index (χ4n) is 1.80. The largest absolute Gasteiger partial charge is 0.328 e. The summed E-state index contributed by atoms with van der Waals surface area (Å²) in [7, 11) is 0. The first-order chi connectivity index (χ1) is 7.33. The van der Waals surface area contributed by atoms with Crippen molar-refractivity contribution in [3.63, 3.8) is 0 Å². The summed E-state index contributed by atoms with van der Waals surface area (Å²) in [4.78, 5) is 0. The monoisotopic (exact) mass is 241 g/mol. The topological polar surface area (TPSA) is 26.0 Å². The van der Waals surface area contributed by atoms with E-state index in [9.17, 15) is 0 Å². The molecule has 2 N–H and O–H groups in total. The van der Waals surface area contributed by atoms with Crippen molar-refractivity contribution in [1.29, 1.82) is 0 Å². The van der Waals surface area contributed by atoms with Crippen molar-refractivity contribution in [2.45, 2.75) is 51.5 Å². The molecule has 1 aromatic rings. The molecule has 0 radical (unpaired) electrons. The van der Waals surface area contributed by atoms with Crippen LogP contribution in [0.1, 0.15) is 44.6 Å². The molecule has 92 valence electrons. The van der Waals surface area contributed by atoms with Gasteiger partial charge in [0, 0.05) is 6.04 Å². The predicted molar refractivity (Wildman–Crippen MR) is 74.1 cm³/mol. The van der Waals surface area contributed by atoms with Crippen LogP contribution in [0.25, 0.3) is 0 Å². The highest BCUT2D eigenvalue weighted by atomic mass is 35.5. The number of nitrogens with two attached hydrogens (primary N) is 1. The molecular weight excluding hydrogens is 218 g/mol. The number of unbranched alkanes of at least 4 members (excludes halogenated alkanes) is 2. The van der Waals surface area contributed by atoms with Gasteiger partial charge in [-0.3, -0.25) is 0 Å². The van der Waals surface area contributed by atoms with Gasteiger partial charge in [-0.25, -0.2) is 0 Å². The summed E-state index contributed by atoms with van der Waals surface area (Å²) in [5, 5.41) is 0. The summed E-state index contributed by atoms with van der Waals surface area (Å²) in [5.74, 6) is 0. The third kappa shape index (κ3) is 6.86. The second-order valence-electron chi connectivity index (χ2n) is 4.28. The number of rotatable bonds is 7. The average molecular weight is 242 g/mol. The van der Waals surface area contributed by atoms with Gasteiger partial charge >= 0.3 is 0 Å². The Morgan fingerprint density at radius 2 is 1.75 bits per heavy atom. The van der Waals surface area contributed by atoms with E-state index in [1.807, 2.05) is 0 Å². The van der Waals surface area contributed by atoms with Gasteiger partial charge in [-0.15, -0.1) is 12.4 Å². The molecule has 0 aromatic heterocycles. The molecule has 0 amide bonds. The number of halogens is 1. The lowest BCUT2D eigenvalue weighted by Crippen LogP contribution is -2.20. The summed E-state index contributed by atoms with van der Waals surface area (Å²) in [6, 6.07) is 11.0. The molecule has 0 saturated heterocycles. The Bertz CT molecular complexity index is 248. The van der Waals surface area contributed by atoms with E-state index < -0.39 is 0 Å². The Kier molecular flexibility index (Phi) is 9.36. The maximum atomic E-state index is 6.06. The molecule has 0 saturated carbocycles.